The quantitative estimate of drug-likeness (QED) is 0.821. The van der Waals surface area contributed by atoms with E-state index in [4.69, 9.17) is 14.4 Å². The lowest BCUT2D eigenvalue weighted by atomic mass is 10.2. The minimum atomic E-state index is -1.16. The van der Waals surface area contributed by atoms with Gasteiger partial charge in [0, 0.05) is 13.0 Å². The Balaban J connectivity index is 2.25. The van der Waals surface area contributed by atoms with Crippen LogP contribution in [0.1, 0.15) is 47.7 Å². The van der Waals surface area contributed by atoms with E-state index in [-0.39, 0.29) is 24.8 Å². The van der Waals surface area contributed by atoms with Crippen molar-refractivity contribution >= 4 is 5.97 Å². The zero-order valence-corrected chi connectivity index (χ0v) is 11.4. The van der Waals surface area contributed by atoms with Crippen LogP contribution in [0.15, 0.2) is 4.52 Å². The summed E-state index contributed by atoms with van der Waals surface area (Å²) in [5.41, 5.74) is 0.208. The van der Waals surface area contributed by atoms with Gasteiger partial charge >= 0.3 is 5.97 Å². The molecule has 0 amide bonds. The summed E-state index contributed by atoms with van der Waals surface area (Å²) in [7, 11) is 1.46. The van der Waals surface area contributed by atoms with Gasteiger partial charge in [-0.3, -0.25) is 0 Å². The fraction of sp³-hybridized carbons (Fsp3) is 0.545. The number of ether oxygens (including phenoxy) is 1. The molecule has 2 aromatic heterocycles. The van der Waals surface area contributed by atoms with Crippen LogP contribution < -0.4 is 0 Å². The van der Waals surface area contributed by atoms with Gasteiger partial charge in [0.1, 0.15) is 6.54 Å². The Morgan fingerprint density at radius 3 is 2.80 bits per heavy atom. The fourth-order valence-corrected chi connectivity index (χ4v) is 1.60. The largest absolute Gasteiger partial charge is 0.476 e. The van der Waals surface area contributed by atoms with Gasteiger partial charge < -0.3 is 14.4 Å². The van der Waals surface area contributed by atoms with Crippen molar-refractivity contribution in [3.8, 4) is 0 Å². The van der Waals surface area contributed by atoms with Crippen molar-refractivity contribution in [3.63, 3.8) is 0 Å². The minimum absolute atomic E-state index is 0.0831. The molecule has 108 valence electrons. The second-order valence-electron chi connectivity index (χ2n) is 4.48. The number of aromatic carboxylic acids is 1. The summed E-state index contributed by atoms with van der Waals surface area (Å²) in [4.78, 5) is 15.2. The molecule has 0 unspecified atom stereocenters. The molecule has 0 atom stereocenters. The second kappa shape index (κ2) is 5.78. The average Bonchev–Trinajstić information content (AvgIpc) is 2.98. The highest BCUT2D eigenvalue weighted by Gasteiger charge is 2.20. The van der Waals surface area contributed by atoms with Crippen molar-refractivity contribution in [2.45, 2.75) is 32.9 Å². The lowest BCUT2D eigenvalue weighted by Gasteiger charge is -2.03. The highest BCUT2D eigenvalue weighted by Crippen LogP contribution is 2.12. The number of carboxylic acid groups (broad SMARTS) is 1. The van der Waals surface area contributed by atoms with Gasteiger partial charge in [0.05, 0.1) is 12.3 Å². The zero-order valence-electron chi connectivity index (χ0n) is 11.4. The molecular weight excluding hydrogens is 266 g/mol. The van der Waals surface area contributed by atoms with Gasteiger partial charge in [0.2, 0.25) is 5.89 Å². The molecule has 0 aliphatic rings. The normalized spacial score (nSPS) is 11.2. The van der Waals surface area contributed by atoms with E-state index in [9.17, 15) is 4.79 Å². The first-order valence-electron chi connectivity index (χ1n) is 6.00. The molecule has 20 heavy (non-hydrogen) atoms. The molecule has 0 saturated heterocycles. The molecule has 0 fully saturated rings. The molecule has 2 heterocycles. The van der Waals surface area contributed by atoms with E-state index >= 15 is 0 Å². The third kappa shape index (κ3) is 2.82. The summed E-state index contributed by atoms with van der Waals surface area (Å²) in [5.74, 6) is -0.0762. The lowest BCUT2D eigenvalue weighted by Crippen LogP contribution is -2.10. The molecular formula is C11H15N5O4. The van der Waals surface area contributed by atoms with Crippen LogP contribution in [-0.4, -0.2) is 43.3 Å². The summed E-state index contributed by atoms with van der Waals surface area (Å²) in [6.07, 6.45) is 0. The van der Waals surface area contributed by atoms with Crippen molar-refractivity contribution in [1.82, 2.24) is 25.1 Å². The van der Waals surface area contributed by atoms with E-state index in [1.807, 2.05) is 13.8 Å². The predicted octanol–water partition coefficient (Wildman–Crippen LogP) is 0.677. The molecule has 0 aliphatic carbocycles. The van der Waals surface area contributed by atoms with E-state index in [1.54, 1.807) is 0 Å². The van der Waals surface area contributed by atoms with Crippen LogP contribution in [-0.2, 0) is 17.9 Å². The third-order valence-corrected chi connectivity index (χ3v) is 2.61. The molecule has 0 aliphatic heterocycles. The summed E-state index contributed by atoms with van der Waals surface area (Å²) in [6, 6.07) is 0. The monoisotopic (exact) mass is 281 g/mol. The summed E-state index contributed by atoms with van der Waals surface area (Å²) in [5, 5.41) is 20.3. The van der Waals surface area contributed by atoms with Gasteiger partial charge in [-0.1, -0.05) is 24.2 Å². The van der Waals surface area contributed by atoms with Gasteiger partial charge in [-0.05, 0) is 0 Å². The van der Waals surface area contributed by atoms with E-state index in [2.05, 4.69) is 20.5 Å². The zero-order chi connectivity index (χ0) is 14.7. The van der Waals surface area contributed by atoms with Crippen LogP contribution in [0.2, 0.25) is 0 Å². The Kier molecular flexibility index (Phi) is 4.08. The summed E-state index contributed by atoms with van der Waals surface area (Å²) >= 11 is 0. The number of rotatable bonds is 6. The molecule has 2 rings (SSSR count). The molecule has 0 saturated carbocycles. The Bertz CT molecular complexity index is 604. The SMILES string of the molecule is COCc1c(C(=O)O)nnn1Cc1nc(C(C)C)no1. The van der Waals surface area contributed by atoms with E-state index in [0.717, 1.165) is 0 Å². The maximum absolute atomic E-state index is 11.0. The van der Waals surface area contributed by atoms with Crippen LogP contribution in [0.3, 0.4) is 0 Å². The third-order valence-electron chi connectivity index (χ3n) is 2.61. The topological polar surface area (TPSA) is 116 Å². The number of hydrogen-bond donors (Lipinski definition) is 1. The highest BCUT2D eigenvalue weighted by molar-refractivity contribution is 5.86. The maximum atomic E-state index is 11.0. The van der Waals surface area contributed by atoms with E-state index < -0.39 is 5.97 Å². The van der Waals surface area contributed by atoms with Crippen LogP contribution in [0, 0.1) is 0 Å². The van der Waals surface area contributed by atoms with Gasteiger partial charge in [0.15, 0.2) is 11.5 Å². The Morgan fingerprint density at radius 2 is 2.25 bits per heavy atom. The Morgan fingerprint density at radius 1 is 1.50 bits per heavy atom. The number of carboxylic acids is 1. The van der Waals surface area contributed by atoms with Crippen molar-refractivity contribution in [2.24, 2.45) is 0 Å². The van der Waals surface area contributed by atoms with E-state index in [1.165, 1.54) is 11.8 Å². The first-order valence-corrected chi connectivity index (χ1v) is 6.00. The molecule has 9 heteroatoms. The standard InChI is InChI=1S/C11H15N5O4/c1-6(2)10-12-8(20-14-10)4-16-7(5-19-3)9(11(17)18)13-15-16/h6H,4-5H2,1-3H3,(H,17,18). The summed E-state index contributed by atoms with van der Waals surface area (Å²) < 4.78 is 11.4. The highest BCUT2D eigenvalue weighted by atomic mass is 16.5. The van der Waals surface area contributed by atoms with Crippen LogP contribution >= 0.6 is 0 Å². The fourth-order valence-electron chi connectivity index (χ4n) is 1.60. The predicted molar refractivity (Wildman–Crippen MR) is 65.2 cm³/mol. The van der Waals surface area contributed by atoms with Gasteiger partial charge in [-0.15, -0.1) is 5.10 Å². The van der Waals surface area contributed by atoms with Gasteiger partial charge in [-0.2, -0.15) is 4.98 Å². The molecule has 9 nitrogen and oxygen atoms in total. The molecule has 2 aromatic rings. The van der Waals surface area contributed by atoms with Crippen molar-refractivity contribution in [3.05, 3.63) is 23.1 Å². The number of methoxy groups -OCH3 is 1. The van der Waals surface area contributed by atoms with Crippen LogP contribution in [0.5, 0.6) is 0 Å². The Hall–Kier alpha value is -2.29. The Labute approximate surface area is 114 Å². The first-order chi connectivity index (χ1) is 9.52. The van der Waals surface area contributed by atoms with E-state index in [0.29, 0.717) is 17.4 Å². The minimum Gasteiger partial charge on any atom is -0.476 e. The number of nitrogens with zero attached hydrogens (tertiary/aromatic N) is 5. The number of aromatic nitrogens is 5. The molecule has 0 aromatic carbocycles. The molecule has 0 radical (unpaired) electrons. The lowest BCUT2D eigenvalue weighted by molar-refractivity contribution is 0.0684. The number of carbonyl (C=O) groups is 1. The van der Waals surface area contributed by atoms with Crippen LogP contribution in [0.25, 0.3) is 0 Å². The smallest absolute Gasteiger partial charge is 0.358 e. The van der Waals surface area contributed by atoms with Crippen molar-refractivity contribution in [2.75, 3.05) is 7.11 Å². The van der Waals surface area contributed by atoms with Gasteiger partial charge in [0.25, 0.3) is 0 Å². The second-order valence-corrected chi connectivity index (χ2v) is 4.48. The number of hydrogen-bond acceptors (Lipinski definition) is 7. The van der Waals surface area contributed by atoms with Crippen molar-refractivity contribution in [1.29, 1.82) is 0 Å². The summed E-state index contributed by atoms with van der Waals surface area (Å²) in [6.45, 7) is 4.13. The van der Waals surface area contributed by atoms with Crippen molar-refractivity contribution < 1.29 is 19.2 Å². The molecule has 0 spiro atoms. The molecule has 1 N–H and O–H groups in total. The molecule has 0 bridgehead atoms. The van der Waals surface area contributed by atoms with Gasteiger partial charge in [-0.25, -0.2) is 9.48 Å². The average molecular weight is 281 g/mol. The maximum Gasteiger partial charge on any atom is 0.358 e. The van der Waals surface area contributed by atoms with Crippen LogP contribution in [0.4, 0.5) is 0 Å². The first kappa shape index (κ1) is 14.1.